The number of hydrogen-bond acceptors (Lipinski definition) is 1. The molecule has 0 bridgehead atoms. The van der Waals surface area contributed by atoms with Gasteiger partial charge in [0.2, 0.25) is 0 Å². The second-order valence-corrected chi connectivity index (χ2v) is 5.85. The third-order valence-corrected chi connectivity index (χ3v) is 4.61. The summed E-state index contributed by atoms with van der Waals surface area (Å²) in [5, 5.41) is 9.89. The van der Waals surface area contributed by atoms with Crippen LogP contribution in [0.4, 0.5) is 0 Å². The molecule has 2 aliphatic carbocycles. The zero-order chi connectivity index (χ0) is 11.7. The molecule has 1 N–H and O–H groups in total. The number of rotatable bonds is 2. The Morgan fingerprint density at radius 1 is 0.941 bits per heavy atom. The summed E-state index contributed by atoms with van der Waals surface area (Å²) < 4.78 is 0. The monoisotopic (exact) mass is 230 g/mol. The van der Waals surface area contributed by atoms with Gasteiger partial charge in [0.15, 0.2) is 0 Å². The van der Waals surface area contributed by atoms with E-state index in [0.717, 1.165) is 30.6 Å². The van der Waals surface area contributed by atoms with Crippen molar-refractivity contribution in [3.05, 3.63) is 35.9 Å². The van der Waals surface area contributed by atoms with Gasteiger partial charge in [0.1, 0.15) is 0 Å². The summed E-state index contributed by atoms with van der Waals surface area (Å²) in [6, 6.07) is 10.9. The van der Waals surface area contributed by atoms with Crippen LogP contribution in [0.1, 0.15) is 50.0 Å². The fraction of sp³-hybridized carbons (Fsp3) is 0.625. The van der Waals surface area contributed by atoms with E-state index in [1.54, 1.807) is 0 Å². The minimum absolute atomic E-state index is 0.0282. The zero-order valence-corrected chi connectivity index (χ0v) is 10.4. The lowest BCUT2D eigenvalue weighted by Gasteiger charge is -2.16. The van der Waals surface area contributed by atoms with E-state index < -0.39 is 0 Å². The lowest BCUT2D eigenvalue weighted by molar-refractivity contribution is 0.136. The molecule has 2 fully saturated rings. The zero-order valence-electron chi connectivity index (χ0n) is 10.4. The molecule has 0 spiro atoms. The maximum absolute atomic E-state index is 9.89. The quantitative estimate of drug-likeness (QED) is 0.767. The maximum atomic E-state index is 9.89. The van der Waals surface area contributed by atoms with Crippen LogP contribution < -0.4 is 0 Å². The van der Waals surface area contributed by atoms with E-state index in [1.807, 2.05) is 0 Å². The average molecular weight is 230 g/mol. The second kappa shape index (κ2) is 4.81. The highest BCUT2D eigenvalue weighted by Gasteiger charge is 2.44. The molecule has 92 valence electrons. The predicted molar refractivity (Wildman–Crippen MR) is 69.9 cm³/mol. The van der Waals surface area contributed by atoms with E-state index in [1.165, 1.54) is 31.2 Å². The van der Waals surface area contributed by atoms with Crippen molar-refractivity contribution in [2.75, 3.05) is 0 Å². The van der Waals surface area contributed by atoms with Crippen molar-refractivity contribution in [3.8, 4) is 0 Å². The van der Waals surface area contributed by atoms with E-state index in [0.29, 0.717) is 0 Å². The molecule has 0 saturated heterocycles. The fourth-order valence-corrected chi connectivity index (χ4v) is 3.58. The fourth-order valence-electron chi connectivity index (χ4n) is 3.58. The molecule has 4 atom stereocenters. The lowest BCUT2D eigenvalue weighted by atomic mass is 9.91. The topological polar surface area (TPSA) is 20.2 Å². The van der Waals surface area contributed by atoms with Crippen LogP contribution in [0.15, 0.2) is 30.3 Å². The van der Waals surface area contributed by atoms with E-state index in [-0.39, 0.29) is 6.10 Å². The van der Waals surface area contributed by atoms with Gasteiger partial charge in [-0.15, -0.1) is 0 Å². The first-order valence-corrected chi connectivity index (χ1v) is 7.07. The van der Waals surface area contributed by atoms with Crippen LogP contribution in [0.25, 0.3) is 0 Å². The molecule has 0 heterocycles. The van der Waals surface area contributed by atoms with Crippen LogP contribution in [0.2, 0.25) is 0 Å². The van der Waals surface area contributed by atoms with Crippen molar-refractivity contribution in [2.24, 2.45) is 11.8 Å². The molecule has 1 nitrogen and oxygen atoms in total. The van der Waals surface area contributed by atoms with Crippen LogP contribution >= 0.6 is 0 Å². The Kier molecular flexibility index (Phi) is 3.19. The summed E-state index contributed by atoms with van der Waals surface area (Å²) >= 11 is 0. The van der Waals surface area contributed by atoms with Gasteiger partial charge in [-0.1, -0.05) is 49.6 Å². The molecule has 1 heteroatoms. The normalized spacial score (nSPS) is 37.5. The molecule has 1 aromatic carbocycles. The van der Waals surface area contributed by atoms with Crippen LogP contribution in [-0.2, 0) is 0 Å². The molecule has 1 aromatic rings. The van der Waals surface area contributed by atoms with E-state index in [2.05, 4.69) is 30.3 Å². The number of aliphatic hydroxyl groups is 1. The molecular formula is C16H22O. The summed E-state index contributed by atoms with van der Waals surface area (Å²) in [7, 11) is 0. The minimum atomic E-state index is -0.0282. The number of benzene rings is 1. The highest BCUT2D eigenvalue weighted by molar-refractivity contribution is 5.26. The van der Waals surface area contributed by atoms with Crippen molar-refractivity contribution in [3.63, 3.8) is 0 Å². The predicted octanol–water partition coefficient (Wildman–Crippen LogP) is 3.73. The number of aliphatic hydroxyl groups excluding tert-OH is 1. The minimum Gasteiger partial charge on any atom is -0.393 e. The summed E-state index contributed by atoms with van der Waals surface area (Å²) in [5.74, 6) is 2.41. The molecule has 0 aromatic heterocycles. The van der Waals surface area contributed by atoms with Gasteiger partial charge >= 0.3 is 0 Å². The van der Waals surface area contributed by atoms with Gasteiger partial charge in [-0.3, -0.25) is 0 Å². The Bertz CT molecular complexity index is 359. The summed E-state index contributed by atoms with van der Waals surface area (Å²) in [6.45, 7) is 0. The summed E-state index contributed by atoms with van der Waals surface area (Å²) in [5.41, 5.74) is 1.51. The number of hydrogen-bond donors (Lipinski definition) is 1. The third-order valence-electron chi connectivity index (χ3n) is 4.61. The van der Waals surface area contributed by atoms with Crippen molar-refractivity contribution in [1.29, 1.82) is 0 Å². The second-order valence-electron chi connectivity index (χ2n) is 5.85. The van der Waals surface area contributed by atoms with Gasteiger partial charge in [-0.2, -0.15) is 0 Å². The van der Waals surface area contributed by atoms with E-state index in [9.17, 15) is 5.11 Å². The molecule has 4 unspecified atom stereocenters. The first-order chi connectivity index (χ1) is 8.34. The molecule has 3 rings (SSSR count). The van der Waals surface area contributed by atoms with Crippen LogP contribution in [-0.4, -0.2) is 11.2 Å². The Labute approximate surface area is 104 Å². The average Bonchev–Trinajstić information content (AvgIpc) is 3.14. The van der Waals surface area contributed by atoms with Gasteiger partial charge in [-0.25, -0.2) is 0 Å². The van der Waals surface area contributed by atoms with Crippen LogP contribution in [0.3, 0.4) is 0 Å². The molecule has 2 aliphatic rings. The van der Waals surface area contributed by atoms with Crippen LogP contribution in [0, 0.1) is 11.8 Å². The van der Waals surface area contributed by atoms with E-state index in [4.69, 9.17) is 0 Å². The Morgan fingerprint density at radius 3 is 2.53 bits per heavy atom. The summed E-state index contributed by atoms with van der Waals surface area (Å²) in [6.07, 6.45) is 7.28. The Balaban J connectivity index is 1.64. The Hall–Kier alpha value is -0.820. The molecule has 0 aliphatic heterocycles. The van der Waals surface area contributed by atoms with Crippen molar-refractivity contribution < 1.29 is 5.11 Å². The lowest BCUT2D eigenvalue weighted by Crippen LogP contribution is -2.12. The highest BCUT2D eigenvalue weighted by Crippen LogP contribution is 2.54. The standard InChI is InChI=1S/C16H22O/c17-14-9-5-4-8-13(10-14)16-11-15(16)12-6-2-1-3-7-12/h1-3,6-7,13-17H,4-5,8-11H2. The molecule has 2 saturated carbocycles. The third kappa shape index (κ3) is 2.55. The SMILES string of the molecule is OC1CCCCC(C2CC2c2ccccc2)C1. The molecule has 17 heavy (non-hydrogen) atoms. The van der Waals surface area contributed by atoms with Crippen molar-refractivity contribution >= 4 is 0 Å². The largest absolute Gasteiger partial charge is 0.393 e. The van der Waals surface area contributed by atoms with Gasteiger partial charge < -0.3 is 5.11 Å². The van der Waals surface area contributed by atoms with E-state index >= 15 is 0 Å². The van der Waals surface area contributed by atoms with Crippen LogP contribution in [0.5, 0.6) is 0 Å². The van der Waals surface area contributed by atoms with Crippen molar-refractivity contribution in [2.45, 2.75) is 50.5 Å². The summed E-state index contributed by atoms with van der Waals surface area (Å²) in [4.78, 5) is 0. The smallest absolute Gasteiger partial charge is 0.0543 e. The van der Waals surface area contributed by atoms with Crippen molar-refractivity contribution in [1.82, 2.24) is 0 Å². The van der Waals surface area contributed by atoms with Gasteiger partial charge in [0.05, 0.1) is 6.10 Å². The van der Waals surface area contributed by atoms with Gasteiger partial charge in [0, 0.05) is 0 Å². The first kappa shape index (κ1) is 11.3. The Morgan fingerprint density at radius 2 is 1.71 bits per heavy atom. The maximum Gasteiger partial charge on any atom is 0.0543 e. The highest BCUT2D eigenvalue weighted by atomic mass is 16.3. The van der Waals surface area contributed by atoms with Gasteiger partial charge in [0.25, 0.3) is 0 Å². The molecule has 0 radical (unpaired) electrons. The first-order valence-electron chi connectivity index (χ1n) is 7.07. The molecule has 0 amide bonds. The molecular weight excluding hydrogens is 208 g/mol. The van der Waals surface area contributed by atoms with Gasteiger partial charge in [-0.05, 0) is 42.6 Å².